The molecule has 162 valence electrons. The van der Waals surface area contributed by atoms with Gasteiger partial charge in [-0.25, -0.2) is 0 Å². The van der Waals surface area contributed by atoms with E-state index < -0.39 is 6.04 Å². The highest BCUT2D eigenvalue weighted by Gasteiger charge is 2.31. The fraction of sp³-hybridized carbons (Fsp3) is 0.360. The minimum Gasteiger partial charge on any atom is -0.356 e. The lowest BCUT2D eigenvalue weighted by molar-refractivity contribution is -0.134. The number of piperazine rings is 1. The first kappa shape index (κ1) is 21.1. The van der Waals surface area contributed by atoms with Gasteiger partial charge in [0.2, 0.25) is 11.8 Å². The molecule has 0 spiro atoms. The van der Waals surface area contributed by atoms with Crippen LogP contribution in [-0.2, 0) is 22.7 Å². The molecule has 1 aliphatic heterocycles. The second-order valence-corrected chi connectivity index (χ2v) is 8.18. The zero-order chi connectivity index (χ0) is 21.6. The van der Waals surface area contributed by atoms with E-state index in [1.807, 2.05) is 24.3 Å². The van der Waals surface area contributed by atoms with Crippen molar-refractivity contribution in [3.05, 3.63) is 71.9 Å². The van der Waals surface area contributed by atoms with Gasteiger partial charge >= 0.3 is 0 Å². The molecule has 2 amide bonds. The van der Waals surface area contributed by atoms with Crippen molar-refractivity contribution >= 4 is 22.7 Å². The van der Waals surface area contributed by atoms with Gasteiger partial charge in [0, 0.05) is 44.4 Å². The summed E-state index contributed by atoms with van der Waals surface area (Å²) in [4.78, 5) is 27.2. The van der Waals surface area contributed by atoms with E-state index in [4.69, 9.17) is 0 Å². The van der Waals surface area contributed by atoms with Crippen LogP contribution < -0.4 is 10.6 Å². The van der Waals surface area contributed by atoms with Crippen molar-refractivity contribution in [2.75, 3.05) is 19.6 Å². The van der Waals surface area contributed by atoms with Gasteiger partial charge in [-0.3, -0.25) is 14.5 Å². The number of amides is 2. The standard InChI is InChI=1S/C25H30N4O2/c1-19-7-2-3-9-21(19)18-29-16-13-27-25(31)23(29)17-24(30)26-12-6-14-28-15-11-20-8-4-5-10-22(20)28/h2-5,7-11,15,23H,6,12-14,16-18H2,1H3,(H,26,30)(H,27,31). The Kier molecular flexibility index (Phi) is 6.67. The van der Waals surface area contributed by atoms with Gasteiger partial charge in [-0.1, -0.05) is 42.5 Å². The lowest BCUT2D eigenvalue weighted by Gasteiger charge is -2.35. The predicted octanol–water partition coefficient (Wildman–Crippen LogP) is 2.85. The number of carbonyl (C=O) groups excluding carboxylic acids is 2. The maximum absolute atomic E-state index is 12.6. The Morgan fingerprint density at radius 3 is 2.81 bits per heavy atom. The van der Waals surface area contributed by atoms with Crippen LogP contribution >= 0.6 is 0 Å². The smallest absolute Gasteiger partial charge is 0.237 e. The van der Waals surface area contributed by atoms with Crippen LogP contribution in [0.5, 0.6) is 0 Å². The zero-order valence-corrected chi connectivity index (χ0v) is 18.0. The fourth-order valence-electron chi connectivity index (χ4n) is 4.24. The van der Waals surface area contributed by atoms with Gasteiger partial charge in [0.05, 0.1) is 12.5 Å². The molecular formula is C25H30N4O2. The zero-order valence-electron chi connectivity index (χ0n) is 18.0. The summed E-state index contributed by atoms with van der Waals surface area (Å²) in [5.41, 5.74) is 3.61. The largest absolute Gasteiger partial charge is 0.356 e. The lowest BCUT2D eigenvalue weighted by Crippen LogP contribution is -2.56. The average Bonchev–Trinajstić information content (AvgIpc) is 3.18. The second-order valence-electron chi connectivity index (χ2n) is 8.18. The molecule has 0 saturated carbocycles. The van der Waals surface area contributed by atoms with Gasteiger partial charge in [0.25, 0.3) is 0 Å². The van der Waals surface area contributed by atoms with Crippen LogP contribution in [0.15, 0.2) is 60.8 Å². The number of benzene rings is 2. The van der Waals surface area contributed by atoms with Gasteiger partial charge in [-0.15, -0.1) is 0 Å². The molecule has 2 N–H and O–H groups in total. The van der Waals surface area contributed by atoms with Gasteiger partial charge in [0.1, 0.15) is 0 Å². The summed E-state index contributed by atoms with van der Waals surface area (Å²) in [5, 5.41) is 7.13. The first-order valence-corrected chi connectivity index (χ1v) is 11.0. The van der Waals surface area contributed by atoms with Crippen molar-refractivity contribution in [1.29, 1.82) is 0 Å². The molecule has 3 aromatic rings. The highest BCUT2D eigenvalue weighted by atomic mass is 16.2. The second kappa shape index (κ2) is 9.79. The number of nitrogens with zero attached hydrogens (tertiary/aromatic N) is 2. The normalized spacial score (nSPS) is 16.9. The SMILES string of the molecule is Cc1ccccc1CN1CCNC(=O)C1CC(=O)NCCCn1ccc2ccccc21. The maximum Gasteiger partial charge on any atom is 0.237 e. The first-order chi connectivity index (χ1) is 15.1. The van der Waals surface area contributed by atoms with Crippen molar-refractivity contribution < 1.29 is 9.59 Å². The topological polar surface area (TPSA) is 66.4 Å². The van der Waals surface area contributed by atoms with Gasteiger partial charge < -0.3 is 15.2 Å². The van der Waals surface area contributed by atoms with Crippen molar-refractivity contribution in [2.24, 2.45) is 0 Å². The lowest BCUT2D eigenvalue weighted by atomic mass is 10.0. The number of aryl methyl sites for hydroxylation is 2. The van der Waals surface area contributed by atoms with Crippen molar-refractivity contribution in [2.45, 2.75) is 38.9 Å². The third-order valence-electron chi connectivity index (χ3n) is 6.03. The van der Waals surface area contributed by atoms with E-state index in [2.05, 4.69) is 63.6 Å². The fourth-order valence-corrected chi connectivity index (χ4v) is 4.24. The average molecular weight is 419 g/mol. The summed E-state index contributed by atoms with van der Waals surface area (Å²) in [6, 6.07) is 18.2. The molecule has 0 radical (unpaired) electrons. The van der Waals surface area contributed by atoms with Crippen LogP contribution in [0.2, 0.25) is 0 Å². The molecule has 31 heavy (non-hydrogen) atoms. The predicted molar refractivity (Wildman–Crippen MR) is 123 cm³/mol. The Labute approximate surface area is 183 Å². The molecular weight excluding hydrogens is 388 g/mol. The Balaban J connectivity index is 1.28. The van der Waals surface area contributed by atoms with E-state index in [0.29, 0.717) is 19.6 Å². The highest BCUT2D eigenvalue weighted by Crippen LogP contribution is 2.17. The highest BCUT2D eigenvalue weighted by molar-refractivity contribution is 5.88. The summed E-state index contributed by atoms with van der Waals surface area (Å²) in [6.45, 7) is 5.56. The minimum absolute atomic E-state index is 0.0613. The summed E-state index contributed by atoms with van der Waals surface area (Å²) < 4.78 is 2.21. The molecule has 1 saturated heterocycles. The molecule has 1 fully saturated rings. The third kappa shape index (κ3) is 5.14. The quantitative estimate of drug-likeness (QED) is 0.553. The molecule has 2 aromatic carbocycles. The molecule has 1 aliphatic rings. The number of hydrogen-bond acceptors (Lipinski definition) is 3. The van der Waals surface area contributed by atoms with E-state index >= 15 is 0 Å². The molecule has 6 nitrogen and oxygen atoms in total. The molecule has 2 heterocycles. The minimum atomic E-state index is -0.429. The van der Waals surface area contributed by atoms with E-state index in [9.17, 15) is 9.59 Å². The molecule has 1 atom stereocenters. The van der Waals surface area contributed by atoms with Gasteiger partial charge in [-0.05, 0) is 42.0 Å². The Morgan fingerprint density at radius 2 is 1.94 bits per heavy atom. The Morgan fingerprint density at radius 1 is 1.13 bits per heavy atom. The molecule has 0 aliphatic carbocycles. The van der Waals surface area contributed by atoms with Crippen LogP contribution in [0.1, 0.15) is 24.0 Å². The molecule has 1 aromatic heterocycles. The van der Waals surface area contributed by atoms with Crippen LogP contribution in [0.4, 0.5) is 0 Å². The first-order valence-electron chi connectivity index (χ1n) is 11.0. The third-order valence-corrected chi connectivity index (χ3v) is 6.03. The molecule has 1 unspecified atom stereocenters. The van der Waals surface area contributed by atoms with Gasteiger partial charge in [-0.2, -0.15) is 0 Å². The van der Waals surface area contributed by atoms with Crippen molar-refractivity contribution in [1.82, 2.24) is 20.1 Å². The van der Waals surface area contributed by atoms with Crippen LogP contribution in [0.25, 0.3) is 10.9 Å². The van der Waals surface area contributed by atoms with Crippen molar-refractivity contribution in [3.8, 4) is 0 Å². The van der Waals surface area contributed by atoms with Crippen LogP contribution in [0, 0.1) is 6.92 Å². The number of hydrogen-bond donors (Lipinski definition) is 2. The number of carbonyl (C=O) groups is 2. The number of aromatic nitrogens is 1. The van der Waals surface area contributed by atoms with E-state index in [-0.39, 0.29) is 18.2 Å². The van der Waals surface area contributed by atoms with Crippen LogP contribution in [0.3, 0.4) is 0 Å². The van der Waals surface area contributed by atoms with E-state index in [0.717, 1.165) is 19.5 Å². The Hall–Kier alpha value is -3.12. The summed E-state index contributed by atoms with van der Waals surface area (Å²) >= 11 is 0. The summed E-state index contributed by atoms with van der Waals surface area (Å²) in [5.74, 6) is -0.136. The number of nitrogens with one attached hydrogen (secondary N) is 2. The number of para-hydroxylation sites is 1. The summed E-state index contributed by atoms with van der Waals surface area (Å²) in [6.07, 6.45) is 3.11. The van der Waals surface area contributed by atoms with E-state index in [1.165, 1.54) is 22.0 Å². The number of fused-ring (bicyclic) bond motifs is 1. The Bertz CT molecular complexity index is 1060. The molecule has 6 heteroatoms. The monoisotopic (exact) mass is 418 g/mol. The molecule has 4 rings (SSSR count). The van der Waals surface area contributed by atoms with Gasteiger partial charge in [0.15, 0.2) is 0 Å². The summed E-state index contributed by atoms with van der Waals surface area (Å²) in [7, 11) is 0. The van der Waals surface area contributed by atoms with E-state index in [1.54, 1.807) is 0 Å². The van der Waals surface area contributed by atoms with Crippen LogP contribution in [-0.4, -0.2) is 47.0 Å². The maximum atomic E-state index is 12.6. The number of rotatable bonds is 8. The molecule has 0 bridgehead atoms. The van der Waals surface area contributed by atoms with Crippen molar-refractivity contribution in [3.63, 3.8) is 0 Å².